The molecule has 36 heavy (non-hydrogen) atoms. The lowest BCUT2D eigenvalue weighted by molar-refractivity contribution is -0.136. The molecule has 3 aromatic rings. The van der Waals surface area contributed by atoms with Gasteiger partial charge in [-0.25, -0.2) is 4.79 Å². The number of nitrogens with one attached hydrogen (secondary N) is 1. The van der Waals surface area contributed by atoms with E-state index in [1.165, 1.54) is 13.2 Å². The summed E-state index contributed by atoms with van der Waals surface area (Å²) < 4.78 is 10.6. The van der Waals surface area contributed by atoms with Crippen LogP contribution in [-0.2, 0) is 16.0 Å². The molecule has 0 aliphatic heterocycles. The van der Waals surface area contributed by atoms with E-state index in [4.69, 9.17) is 14.6 Å². The number of hydrogen-bond acceptors (Lipinski definition) is 6. The average molecular weight is 492 g/mol. The van der Waals surface area contributed by atoms with Crippen LogP contribution in [0.15, 0.2) is 66.7 Å². The number of benzene rings is 3. The molecule has 4 N–H and O–H groups in total. The fourth-order valence-corrected chi connectivity index (χ4v) is 4.64. The molecule has 3 aromatic carbocycles. The molecule has 8 heteroatoms. The molecule has 8 nitrogen and oxygen atoms in total. The maximum absolute atomic E-state index is 12.3. The van der Waals surface area contributed by atoms with Gasteiger partial charge in [-0.1, -0.05) is 54.6 Å². The zero-order valence-corrected chi connectivity index (χ0v) is 19.9. The summed E-state index contributed by atoms with van der Waals surface area (Å²) >= 11 is 0. The minimum atomic E-state index is -1.35. The van der Waals surface area contributed by atoms with Gasteiger partial charge in [0, 0.05) is 12.5 Å². The van der Waals surface area contributed by atoms with Crippen LogP contribution in [0.4, 0.5) is 4.79 Å². The number of carboxylic acid groups (broad SMARTS) is 1. The van der Waals surface area contributed by atoms with E-state index < -0.39 is 24.3 Å². The fourth-order valence-electron chi connectivity index (χ4n) is 4.64. The maximum atomic E-state index is 12.3. The molecule has 0 saturated heterocycles. The van der Waals surface area contributed by atoms with Crippen LogP contribution in [0.1, 0.15) is 40.7 Å². The molecule has 0 spiro atoms. The van der Waals surface area contributed by atoms with Crippen molar-refractivity contribution in [3.05, 3.63) is 89.0 Å². The van der Waals surface area contributed by atoms with Crippen molar-refractivity contribution in [1.29, 1.82) is 0 Å². The van der Waals surface area contributed by atoms with Gasteiger partial charge in [0.05, 0.1) is 19.6 Å². The highest BCUT2D eigenvalue weighted by Crippen LogP contribution is 2.44. The van der Waals surface area contributed by atoms with Crippen LogP contribution >= 0.6 is 0 Å². The van der Waals surface area contributed by atoms with Crippen molar-refractivity contribution >= 4 is 12.1 Å². The van der Waals surface area contributed by atoms with Crippen LogP contribution in [0.3, 0.4) is 0 Å². The number of amides is 1. The van der Waals surface area contributed by atoms with Gasteiger partial charge < -0.3 is 30.1 Å². The standard InChI is InChI=1S/C28H29NO7/c1-35-18-11-10-17(14-26(31)32)23(15-18)27(33)25(30)12-13-29-28(34)36-16-24-21-8-4-2-6-19(21)20-7-3-5-9-22(20)24/h2-11,15,24-25,27,30,33H,12-14,16H2,1H3,(H,29,34)(H,31,32). The topological polar surface area (TPSA) is 125 Å². The number of carbonyl (C=O) groups is 2. The Hall–Kier alpha value is -3.88. The van der Waals surface area contributed by atoms with Crippen LogP contribution in [0.25, 0.3) is 11.1 Å². The monoisotopic (exact) mass is 491 g/mol. The van der Waals surface area contributed by atoms with Gasteiger partial charge in [0.15, 0.2) is 0 Å². The summed E-state index contributed by atoms with van der Waals surface area (Å²) in [5.41, 5.74) is 5.14. The Morgan fingerprint density at radius 2 is 1.61 bits per heavy atom. The van der Waals surface area contributed by atoms with Gasteiger partial charge in [0.2, 0.25) is 0 Å². The number of aliphatic hydroxyl groups is 2. The summed E-state index contributed by atoms with van der Waals surface area (Å²) in [6.07, 6.45) is -3.47. The average Bonchev–Trinajstić information content (AvgIpc) is 3.20. The van der Waals surface area contributed by atoms with E-state index in [0.717, 1.165) is 22.3 Å². The number of fused-ring (bicyclic) bond motifs is 3. The lowest BCUT2D eigenvalue weighted by Crippen LogP contribution is -2.31. The van der Waals surface area contributed by atoms with Gasteiger partial charge >= 0.3 is 12.1 Å². The van der Waals surface area contributed by atoms with Gasteiger partial charge in [0.25, 0.3) is 0 Å². The fraction of sp³-hybridized carbons (Fsp3) is 0.286. The van der Waals surface area contributed by atoms with E-state index in [0.29, 0.717) is 11.3 Å². The van der Waals surface area contributed by atoms with Crippen LogP contribution in [0.2, 0.25) is 0 Å². The molecule has 1 amide bonds. The molecular weight excluding hydrogens is 462 g/mol. The molecule has 2 atom stereocenters. The van der Waals surface area contributed by atoms with E-state index in [2.05, 4.69) is 17.4 Å². The Labute approximate surface area is 209 Å². The van der Waals surface area contributed by atoms with Crippen molar-refractivity contribution in [3.8, 4) is 16.9 Å². The molecule has 0 heterocycles. The summed E-state index contributed by atoms with van der Waals surface area (Å²) in [6.45, 7) is 0.237. The first kappa shape index (κ1) is 25.2. The molecule has 0 aromatic heterocycles. The lowest BCUT2D eigenvalue weighted by atomic mass is 9.95. The van der Waals surface area contributed by atoms with Crippen molar-refractivity contribution < 1.29 is 34.4 Å². The molecule has 188 valence electrons. The number of methoxy groups -OCH3 is 1. The van der Waals surface area contributed by atoms with E-state index >= 15 is 0 Å². The van der Waals surface area contributed by atoms with E-state index in [-0.39, 0.29) is 37.5 Å². The number of aliphatic carboxylic acids is 1. The first-order valence-electron chi connectivity index (χ1n) is 11.7. The molecule has 1 aliphatic carbocycles. The van der Waals surface area contributed by atoms with Crippen LogP contribution in [-0.4, -0.2) is 53.7 Å². The summed E-state index contributed by atoms with van der Waals surface area (Å²) in [7, 11) is 1.46. The molecule has 1 aliphatic rings. The second-order valence-electron chi connectivity index (χ2n) is 8.69. The maximum Gasteiger partial charge on any atom is 0.407 e. The van der Waals surface area contributed by atoms with Gasteiger partial charge in [-0.05, 0) is 51.9 Å². The number of ether oxygens (including phenoxy) is 2. The summed E-state index contributed by atoms with van der Waals surface area (Å²) in [5, 5.41) is 32.9. The normalized spacial score (nSPS) is 13.9. The zero-order valence-electron chi connectivity index (χ0n) is 19.9. The number of aliphatic hydroxyl groups excluding tert-OH is 2. The second-order valence-corrected chi connectivity index (χ2v) is 8.69. The first-order chi connectivity index (χ1) is 17.4. The number of alkyl carbamates (subject to hydrolysis) is 1. The van der Waals surface area contributed by atoms with Crippen molar-refractivity contribution in [2.75, 3.05) is 20.3 Å². The van der Waals surface area contributed by atoms with Gasteiger partial charge in [-0.3, -0.25) is 4.79 Å². The van der Waals surface area contributed by atoms with E-state index in [9.17, 15) is 19.8 Å². The zero-order chi connectivity index (χ0) is 25.7. The highest BCUT2D eigenvalue weighted by atomic mass is 16.5. The lowest BCUT2D eigenvalue weighted by Gasteiger charge is -2.21. The number of carboxylic acids is 1. The predicted molar refractivity (Wildman–Crippen MR) is 133 cm³/mol. The van der Waals surface area contributed by atoms with Crippen molar-refractivity contribution in [1.82, 2.24) is 5.32 Å². The third kappa shape index (κ3) is 5.50. The number of hydrogen-bond donors (Lipinski definition) is 4. The highest BCUT2D eigenvalue weighted by molar-refractivity contribution is 5.79. The second kappa shape index (κ2) is 11.2. The van der Waals surface area contributed by atoms with Crippen LogP contribution in [0.5, 0.6) is 5.75 Å². The molecule has 0 bridgehead atoms. The number of carbonyl (C=O) groups excluding carboxylic acids is 1. The summed E-state index contributed by atoms with van der Waals surface area (Å²) in [5.74, 6) is -0.682. The molecule has 0 fully saturated rings. The van der Waals surface area contributed by atoms with Crippen molar-refractivity contribution in [2.24, 2.45) is 0 Å². The largest absolute Gasteiger partial charge is 0.497 e. The Bertz CT molecular complexity index is 1200. The van der Waals surface area contributed by atoms with Gasteiger partial charge in [0.1, 0.15) is 18.5 Å². The van der Waals surface area contributed by atoms with Crippen molar-refractivity contribution in [3.63, 3.8) is 0 Å². The first-order valence-corrected chi connectivity index (χ1v) is 11.7. The van der Waals surface area contributed by atoms with Gasteiger partial charge in [-0.15, -0.1) is 0 Å². The summed E-state index contributed by atoms with van der Waals surface area (Å²) in [4.78, 5) is 23.5. The van der Waals surface area contributed by atoms with Gasteiger partial charge in [-0.2, -0.15) is 0 Å². The minimum Gasteiger partial charge on any atom is -0.497 e. The molecule has 4 rings (SSSR count). The molecule has 0 saturated carbocycles. The van der Waals surface area contributed by atoms with Crippen LogP contribution < -0.4 is 10.1 Å². The molecular formula is C28H29NO7. The SMILES string of the molecule is COc1ccc(CC(=O)O)c(C(O)C(O)CCNC(=O)OCC2c3ccccc3-c3ccccc32)c1. The highest BCUT2D eigenvalue weighted by Gasteiger charge is 2.29. The smallest absolute Gasteiger partial charge is 0.407 e. The molecule has 0 radical (unpaired) electrons. The van der Waals surface area contributed by atoms with Crippen LogP contribution in [0, 0.1) is 0 Å². The van der Waals surface area contributed by atoms with Crippen molar-refractivity contribution in [2.45, 2.75) is 31.0 Å². The third-order valence-corrected chi connectivity index (χ3v) is 6.43. The Morgan fingerprint density at radius 1 is 0.972 bits per heavy atom. The quantitative estimate of drug-likeness (QED) is 0.341. The Kier molecular flexibility index (Phi) is 7.87. The van der Waals surface area contributed by atoms with E-state index in [1.807, 2.05) is 36.4 Å². The summed E-state index contributed by atoms with van der Waals surface area (Å²) in [6, 6.07) is 20.8. The number of rotatable bonds is 10. The van der Waals surface area contributed by atoms with E-state index in [1.54, 1.807) is 12.1 Å². The Morgan fingerprint density at radius 3 is 2.22 bits per heavy atom. The third-order valence-electron chi connectivity index (χ3n) is 6.43. The molecule has 2 unspecified atom stereocenters. The minimum absolute atomic E-state index is 0.0368. The Balaban J connectivity index is 1.31. The predicted octanol–water partition coefficient (Wildman–Crippen LogP) is 3.65.